The van der Waals surface area contributed by atoms with Gasteiger partial charge in [-0.15, -0.1) is 0 Å². The normalized spacial score (nSPS) is 14.5. The third-order valence-corrected chi connectivity index (χ3v) is 9.26. The molecule has 1 unspecified atom stereocenters. The summed E-state index contributed by atoms with van der Waals surface area (Å²) in [7, 11) is -2.29. The van der Waals surface area contributed by atoms with Gasteiger partial charge in [0, 0.05) is 39.2 Å². The Labute approximate surface area is 150 Å². The van der Waals surface area contributed by atoms with Crippen LogP contribution in [-0.4, -0.2) is 71.3 Å². The van der Waals surface area contributed by atoms with Crippen molar-refractivity contribution in [3.63, 3.8) is 0 Å². The van der Waals surface area contributed by atoms with E-state index in [4.69, 9.17) is 17.8 Å². The molecule has 0 aliphatic heterocycles. The highest BCUT2D eigenvalue weighted by atomic mass is 32.2. The first kappa shape index (κ1) is 23.8. The predicted octanol–water partition coefficient (Wildman–Crippen LogP) is 1.16. The summed E-state index contributed by atoms with van der Waals surface area (Å²) in [6, 6.07) is 0.470. The lowest BCUT2D eigenvalue weighted by Crippen LogP contribution is -2.50. The Morgan fingerprint density at radius 3 is 2.17 bits per heavy atom. The fourth-order valence-electron chi connectivity index (χ4n) is 1.76. The maximum absolute atomic E-state index is 12.0. The number of thioether (sulfide) groups is 1. The Bertz CT molecular complexity index is 486. The molecule has 8 nitrogen and oxygen atoms in total. The average Bonchev–Trinajstić information content (AvgIpc) is 2.50. The average molecular weight is 404 g/mol. The Morgan fingerprint density at radius 1 is 1.25 bits per heavy atom. The summed E-state index contributed by atoms with van der Waals surface area (Å²) in [6.45, 7) is 4.12. The molecule has 2 N–H and O–H groups in total. The van der Waals surface area contributed by atoms with Gasteiger partial charge < -0.3 is 18.6 Å². The van der Waals surface area contributed by atoms with Gasteiger partial charge in [0.05, 0.1) is 0 Å². The zero-order chi connectivity index (χ0) is 19.0. The molecule has 1 amide bonds. The molecule has 0 aliphatic carbocycles. The van der Waals surface area contributed by atoms with E-state index < -0.39 is 29.6 Å². The minimum absolute atomic E-state index is 0.224. The van der Waals surface area contributed by atoms with Crippen molar-refractivity contribution in [2.75, 3.05) is 32.8 Å². The molecule has 0 spiro atoms. The second kappa shape index (κ2) is 10.1. The first-order valence-electron chi connectivity index (χ1n) is 7.47. The van der Waals surface area contributed by atoms with Crippen molar-refractivity contribution in [1.82, 2.24) is 5.32 Å². The highest BCUT2D eigenvalue weighted by Gasteiger charge is 2.41. The van der Waals surface area contributed by atoms with Crippen molar-refractivity contribution in [3.05, 3.63) is 0 Å². The number of carbonyl (C=O) groups excluding carboxylic acids is 1. The fraction of sp³-hybridized carbons (Fsp3) is 0.923. The molecular formula is C13H29NO7S2Si. The quantitative estimate of drug-likeness (QED) is 0.284. The maximum Gasteiger partial charge on any atom is 0.500 e. The van der Waals surface area contributed by atoms with Crippen LogP contribution in [-0.2, 0) is 28.2 Å². The van der Waals surface area contributed by atoms with E-state index in [0.29, 0.717) is 11.8 Å². The third-order valence-electron chi connectivity index (χ3n) is 3.64. The number of rotatable bonds is 12. The molecule has 144 valence electrons. The molecule has 0 aromatic rings. The van der Waals surface area contributed by atoms with Crippen LogP contribution in [0.3, 0.4) is 0 Å². The predicted molar refractivity (Wildman–Crippen MR) is 96.8 cm³/mol. The number of carbonyl (C=O) groups is 1. The zero-order valence-electron chi connectivity index (χ0n) is 15.1. The topological polar surface area (TPSA) is 111 Å². The summed E-state index contributed by atoms with van der Waals surface area (Å²) in [5, 5.41) is 2.60. The van der Waals surface area contributed by atoms with E-state index in [1.165, 1.54) is 13.8 Å². The van der Waals surface area contributed by atoms with Crippen LogP contribution in [0, 0.1) is 0 Å². The molecule has 11 heteroatoms. The minimum atomic E-state index is -4.46. The molecule has 0 aromatic heterocycles. The second-order valence-corrected chi connectivity index (χ2v) is 12.0. The van der Waals surface area contributed by atoms with E-state index in [2.05, 4.69) is 5.32 Å². The van der Waals surface area contributed by atoms with Crippen molar-refractivity contribution >= 4 is 36.6 Å². The molecule has 0 rings (SSSR count). The first-order chi connectivity index (χ1) is 11.0. The van der Waals surface area contributed by atoms with Crippen LogP contribution in [0.2, 0.25) is 6.04 Å². The summed E-state index contributed by atoms with van der Waals surface area (Å²) in [6.07, 6.45) is 0.837. The van der Waals surface area contributed by atoms with E-state index >= 15 is 0 Å². The molecule has 0 fully saturated rings. The molecule has 0 bridgehead atoms. The largest absolute Gasteiger partial charge is 0.500 e. The second-order valence-electron chi connectivity index (χ2n) is 5.83. The van der Waals surface area contributed by atoms with Crippen molar-refractivity contribution in [1.29, 1.82) is 0 Å². The Hall–Kier alpha value is -0.173. The maximum atomic E-state index is 12.0. The van der Waals surface area contributed by atoms with Crippen LogP contribution in [0.5, 0.6) is 0 Å². The Kier molecular flexibility index (Phi) is 10.0. The molecule has 0 aromatic carbocycles. The SMILES string of the molecule is CO[Si](CCCSCC(C)NC(=O)C(C)(C)S(=O)(=O)O)(OC)OC. The summed E-state index contributed by atoms with van der Waals surface area (Å²) in [5.41, 5.74) is 0. The summed E-state index contributed by atoms with van der Waals surface area (Å²) in [5.74, 6) is 0.726. The van der Waals surface area contributed by atoms with Gasteiger partial charge in [-0.05, 0) is 32.9 Å². The minimum Gasteiger partial charge on any atom is -0.377 e. The fourth-order valence-corrected chi connectivity index (χ4v) is 4.99. The highest BCUT2D eigenvalue weighted by Crippen LogP contribution is 2.18. The van der Waals surface area contributed by atoms with Crippen LogP contribution in [0.4, 0.5) is 0 Å². The number of hydrogen-bond donors (Lipinski definition) is 2. The molecule has 1 atom stereocenters. The number of nitrogens with one attached hydrogen (secondary N) is 1. The van der Waals surface area contributed by atoms with E-state index in [1.807, 2.05) is 0 Å². The van der Waals surface area contributed by atoms with Crippen molar-refractivity contribution < 1.29 is 31.0 Å². The van der Waals surface area contributed by atoms with Gasteiger partial charge in [-0.3, -0.25) is 9.35 Å². The van der Waals surface area contributed by atoms with Gasteiger partial charge in [-0.2, -0.15) is 20.2 Å². The standard InChI is InChI=1S/C13H29NO7S2Si/c1-11(14-12(15)13(2,3)23(16,17)18)10-22-8-7-9-24(19-4,20-5)21-6/h11H,7-10H2,1-6H3,(H,14,15)(H,16,17,18). The molecule has 0 saturated heterocycles. The van der Waals surface area contributed by atoms with Crippen LogP contribution in [0.1, 0.15) is 27.2 Å². The summed E-state index contributed by atoms with van der Waals surface area (Å²) in [4.78, 5) is 12.0. The van der Waals surface area contributed by atoms with Gasteiger partial charge in [-0.1, -0.05) is 0 Å². The molecule has 0 radical (unpaired) electrons. The zero-order valence-corrected chi connectivity index (χ0v) is 17.8. The van der Waals surface area contributed by atoms with Gasteiger partial charge in [-0.25, -0.2) is 0 Å². The molecular weight excluding hydrogens is 374 g/mol. The van der Waals surface area contributed by atoms with Crippen LogP contribution < -0.4 is 5.32 Å². The van der Waals surface area contributed by atoms with E-state index in [0.717, 1.165) is 12.2 Å². The van der Waals surface area contributed by atoms with Gasteiger partial charge in [0.1, 0.15) is 0 Å². The molecule has 0 aliphatic rings. The lowest BCUT2D eigenvalue weighted by Gasteiger charge is -2.24. The van der Waals surface area contributed by atoms with Crippen LogP contribution in [0.25, 0.3) is 0 Å². The van der Waals surface area contributed by atoms with E-state index in [-0.39, 0.29) is 6.04 Å². The Morgan fingerprint density at radius 2 is 1.75 bits per heavy atom. The number of hydrogen-bond acceptors (Lipinski definition) is 7. The van der Waals surface area contributed by atoms with Crippen molar-refractivity contribution in [2.45, 2.75) is 44.0 Å². The van der Waals surface area contributed by atoms with E-state index in [1.54, 1.807) is 40.0 Å². The molecule has 0 saturated carbocycles. The van der Waals surface area contributed by atoms with Gasteiger partial charge in [0.15, 0.2) is 4.75 Å². The van der Waals surface area contributed by atoms with Gasteiger partial charge >= 0.3 is 8.80 Å². The first-order valence-corrected chi connectivity index (χ1v) is 12.0. The molecule has 24 heavy (non-hydrogen) atoms. The van der Waals surface area contributed by atoms with Gasteiger partial charge in [0.25, 0.3) is 10.1 Å². The lowest BCUT2D eigenvalue weighted by atomic mass is 10.2. The summed E-state index contributed by atoms with van der Waals surface area (Å²) < 4.78 is 45.7. The highest BCUT2D eigenvalue weighted by molar-refractivity contribution is 7.99. The van der Waals surface area contributed by atoms with Crippen LogP contribution >= 0.6 is 11.8 Å². The molecule has 0 heterocycles. The van der Waals surface area contributed by atoms with Crippen molar-refractivity contribution in [2.24, 2.45) is 0 Å². The monoisotopic (exact) mass is 403 g/mol. The Balaban J connectivity index is 4.21. The smallest absolute Gasteiger partial charge is 0.377 e. The van der Waals surface area contributed by atoms with Crippen LogP contribution in [0.15, 0.2) is 0 Å². The lowest BCUT2D eigenvalue weighted by molar-refractivity contribution is -0.123. The van der Waals surface area contributed by atoms with Gasteiger partial charge in [0.2, 0.25) is 5.91 Å². The number of amides is 1. The summed E-state index contributed by atoms with van der Waals surface area (Å²) >= 11 is 1.62. The third kappa shape index (κ3) is 6.98. The van der Waals surface area contributed by atoms with Crippen molar-refractivity contribution in [3.8, 4) is 0 Å². The van der Waals surface area contributed by atoms with E-state index in [9.17, 15) is 13.2 Å².